The quantitative estimate of drug-likeness (QED) is 0.834. The molecule has 0 saturated carbocycles. The van der Waals surface area contributed by atoms with Crippen molar-refractivity contribution < 1.29 is 14.6 Å². The van der Waals surface area contributed by atoms with Crippen molar-refractivity contribution in [2.45, 2.75) is 25.4 Å². The van der Waals surface area contributed by atoms with Crippen molar-refractivity contribution in [1.82, 2.24) is 5.32 Å². The van der Waals surface area contributed by atoms with Crippen molar-refractivity contribution in [3.8, 4) is 11.5 Å². The van der Waals surface area contributed by atoms with Gasteiger partial charge in [0, 0.05) is 6.07 Å². The molecule has 2 rings (SSSR count). The molecule has 1 aromatic rings. The van der Waals surface area contributed by atoms with Crippen molar-refractivity contribution in [2.24, 2.45) is 0 Å². The van der Waals surface area contributed by atoms with Crippen LogP contribution in [0.4, 0.5) is 0 Å². The second kappa shape index (κ2) is 6.07. The summed E-state index contributed by atoms with van der Waals surface area (Å²) in [6, 6.07) is 7.53. The van der Waals surface area contributed by atoms with Crippen molar-refractivity contribution in [1.29, 1.82) is 0 Å². The second-order valence-electron chi connectivity index (χ2n) is 4.67. The van der Waals surface area contributed by atoms with E-state index in [1.807, 2.05) is 31.2 Å². The number of nitrogens with one attached hydrogen (secondary N) is 1. The Morgan fingerprint density at radius 3 is 2.56 bits per heavy atom. The Morgan fingerprint density at radius 1 is 1.22 bits per heavy atom. The highest BCUT2D eigenvalue weighted by Crippen LogP contribution is 2.23. The largest absolute Gasteiger partial charge is 0.494 e. The van der Waals surface area contributed by atoms with Crippen LogP contribution in [0.3, 0.4) is 0 Å². The third kappa shape index (κ3) is 3.62. The average Bonchev–Trinajstić information content (AvgIpc) is 2.38. The van der Waals surface area contributed by atoms with Gasteiger partial charge in [0.25, 0.3) is 0 Å². The first kappa shape index (κ1) is 13.2. The number of aliphatic hydroxyl groups is 1. The topological polar surface area (TPSA) is 50.7 Å². The van der Waals surface area contributed by atoms with Gasteiger partial charge in [0.15, 0.2) is 0 Å². The molecule has 1 aliphatic heterocycles. The van der Waals surface area contributed by atoms with Crippen LogP contribution in [-0.4, -0.2) is 37.0 Å². The van der Waals surface area contributed by atoms with Crippen LogP contribution in [0.15, 0.2) is 24.3 Å². The minimum absolute atomic E-state index is 0.338. The Balaban J connectivity index is 1.90. The van der Waals surface area contributed by atoms with Gasteiger partial charge < -0.3 is 19.9 Å². The lowest BCUT2D eigenvalue weighted by Gasteiger charge is -2.32. The molecule has 0 aliphatic carbocycles. The normalized spacial score (nSPS) is 18.3. The van der Waals surface area contributed by atoms with Gasteiger partial charge in [0.05, 0.1) is 6.61 Å². The number of rotatable bonds is 5. The molecule has 18 heavy (non-hydrogen) atoms. The molecule has 0 unspecified atom stereocenters. The lowest BCUT2D eigenvalue weighted by molar-refractivity contribution is -0.0286. The van der Waals surface area contributed by atoms with Gasteiger partial charge in [-0.1, -0.05) is 6.07 Å². The molecule has 2 N–H and O–H groups in total. The van der Waals surface area contributed by atoms with Crippen LogP contribution in [0.25, 0.3) is 0 Å². The molecule has 0 radical (unpaired) electrons. The van der Waals surface area contributed by atoms with E-state index in [2.05, 4.69) is 5.32 Å². The van der Waals surface area contributed by atoms with Gasteiger partial charge >= 0.3 is 0 Å². The molecule has 1 aliphatic rings. The molecule has 1 saturated heterocycles. The van der Waals surface area contributed by atoms with Gasteiger partial charge in [0.1, 0.15) is 23.7 Å². The van der Waals surface area contributed by atoms with E-state index in [9.17, 15) is 5.11 Å². The van der Waals surface area contributed by atoms with E-state index in [1.165, 1.54) is 0 Å². The third-order valence-corrected chi connectivity index (χ3v) is 3.16. The highest BCUT2D eigenvalue weighted by atomic mass is 16.5. The predicted molar refractivity (Wildman–Crippen MR) is 70.2 cm³/mol. The van der Waals surface area contributed by atoms with Gasteiger partial charge in [-0.3, -0.25) is 0 Å². The molecule has 1 heterocycles. The van der Waals surface area contributed by atoms with Crippen LogP contribution >= 0.6 is 0 Å². The molecule has 4 nitrogen and oxygen atoms in total. The van der Waals surface area contributed by atoms with E-state index in [0.717, 1.165) is 37.4 Å². The van der Waals surface area contributed by atoms with Gasteiger partial charge in [-0.05, 0) is 45.0 Å². The monoisotopic (exact) mass is 251 g/mol. The summed E-state index contributed by atoms with van der Waals surface area (Å²) in [6.45, 7) is 4.62. The number of hydrogen-bond donors (Lipinski definition) is 2. The molecule has 4 heteroatoms. The molecule has 0 amide bonds. The Labute approximate surface area is 108 Å². The maximum absolute atomic E-state index is 10.3. The molecule has 0 aromatic heterocycles. The Bertz CT molecular complexity index is 375. The molecule has 0 bridgehead atoms. The smallest absolute Gasteiger partial charge is 0.123 e. The highest BCUT2D eigenvalue weighted by Gasteiger charge is 2.29. The average molecular weight is 251 g/mol. The fraction of sp³-hybridized carbons (Fsp3) is 0.571. The van der Waals surface area contributed by atoms with Crippen molar-refractivity contribution >= 4 is 0 Å². The van der Waals surface area contributed by atoms with Gasteiger partial charge in [-0.15, -0.1) is 0 Å². The lowest BCUT2D eigenvalue weighted by atomic mass is 9.93. The van der Waals surface area contributed by atoms with E-state index in [0.29, 0.717) is 13.2 Å². The summed E-state index contributed by atoms with van der Waals surface area (Å²) in [6.07, 6.45) is 1.47. The zero-order valence-corrected chi connectivity index (χ0v) is 10.8. The van der Waals surface area contributed by atoms with Crippen molar-refractivity contribution in [3.05, 3.63) is 24.3 Å². The SMILES string of the molecule is CCOc1cccc(OCC2(O)CCNCC2)c1. The van der Waals surface area contributed by atoms with E-state index in [1.54, 1.807) is 0 Å². The molecular formula is C14H21NO3. The Hall–Kier alpha value is -1.26. The zero-order valence-electron chi connectivity index (χ0n) is 10.8. The van der Waals surface area contributed by atoms with E-state index in [4.69, 9.17) is 9.47 Å². The highest BCUT2D eigenvalue weighted by molar-refractivity contribution is 5.33. The van der Waals surface area contributed by atoms with Gasteiger partial charge in [-0.25, -0.2) is 0 Å². The maximum atomic E-state index is 10.3. The molecule has 0 atom stereocenters. The van der Waals surface area contributed by atoms with Crippen LogP contribution < -0.4 is 14.8 Å². The van der Waals surface area contributed by atoms with E-state index in [-0.39, 0.29) is 0 Å². The molecule has 100 valence electrons. The molecular weight excluding hydrogens is 230 g/mol. The number of piperidine rings is 1. The van der Waals surface area contributed by atoms with Crippen LogP contribution in [0.2, 0.25) is 0 Å². The number of hydrogen-bond acceptors (Lipinski definition) is 4. The first-order valence-corrected chi connectivity index (χ1v) is 6.51. The summed E-state index contributed by atoms with van der Waals surface area (Å²) < 4.78 is 11.1. The predicted octanol–water partition coefficient (Wildman–Crippen LogP) is 1.58. The maximum Gasteiger partial charge on any atom is 0.123 e. The summed E-state index contributed by atoms with van der Waals surface area (Å²) in [5.41, 5.74) is -0.702. The summed E-state index contributed by atoms with van der Waals surface area (Å²) in [4.78, 5) is 0. The first-order chi connectivity index (χ1) is 8.72. The summed E-state index contributed by atoms with van der Waals surface area (Å²) in [5.74, 6) is 1.54. The second-order valence-corrected chi connectivity index (χ2v) is 4.67. The fourth-order valence-corrected chi connectivity index (χ4v) is 2.07. The summed E-state index contributed by atoms with van der Waals surface area (Å²) >= 11 is 0. The summed E-state index contributed by atoms with van der Waals surface area (Å²) in [5, 5.41) is 13.5. The van der Waals surface area contributed by atoms with Crippen LogP contribution in [0, 0.1) is 0 Å². The van der Waals surface area contributed by atoms with Crippen LogP contribution in [0.5, 0.6) is 11.5 Å². The molecule has 1 fully saturated rings. The van der Waals surface area contributed by atoms with Gasteiger partial charge in [-0.2, -0.15) is 0 Å². The number of benzene rings is 1. The minimum Gasteiger partial charge on any atom is -0.494 e. The Kier molecular flexibility index (Phi) is 4.44. The summed E-state index contributed by atoms with van der Waals surface area (Å²) in [7, 11) is 0. The number of ether oxygens (including phenoxy) is 2. The Morgan fingerprint density at radius 2 is 1.89 bits per heavy atom. The molecule has 0 spiro atoms. The third-order valence-electron chi connectivity index (χ3n) is 3.16. The van der Waals surface area contributed by atoms with Gasteiger partial charge in [0.2, 0.25) is 0 Å². The lowest BCUT2D eigenvalue weighted by Crippen LogP contribution is -2.45. The minimum atomic E-state index is -0.702. The van der Waals surface area contributed by atoms with Crippen LogP contribution in [-0.2, 0) is 0 Å². The van der Waals surface area contributed by atoms with Crippen molar-refractivity contribution in [2.75, 3.05) is 26.3 Å². The standard InChI is InChI=1S/C14H21NO3/c1-2-17-12-4-3-5-13(10-12)18-11-14(16)6-8-15-9-7-14/h3-5,10,15-16H,2,6-9,11H2,1H3. The first-order valence-electron chi connectivity index (χ1n) is 6.51. The molecule has 1 aromatic carbocycles. The van der Waals surface area contributed by atoms with E-state index < -0.39 is 5.60 Å². The van der Waals surface area contributed by atoms with Crippen molar-refractivity contribution in [3.63, 3.8) is 0 Å². The fourth-order valence-electron chi connectivity index (χ4n) is 2.07. The van der Waals surface area contributed by atoms with Crippen LogP contribution in [0.1, 0.15) is 19.8 Å². The zero-order chi connectivity index (χ0) is 12.8. The van der Waals surface area contributed by atoms with E-state index >= 15 is 0 Å².